The van der Waals surface area contributed by atoms with Crippen LogP contribution in [0, 0.1) is 6.92 Å². The van der Waals surface area contributed by atoms with Crippen LogP contribution < -0.4 is 25.0 Å². The van der Waals surface area contributed by atoms with E-state index in [2.05, 4.69) is 10.6 Å². The molecule has 1 aliphatic heterocycles. The van der Waals surface area contributed by atoms with E-state index in [1.807, 2.05) is 19.1 Å². The van der Waals surface area contributed by atoms with Gasteiger partial charge in [-0.25, -0.2) is 0 Å². The summed E-state index contributed by atoms with van der Waals surface area (Å²) in [4.78, 5) is 40.1. The summed E-state index contributed by atoms with van der Waals surface area (Å²) in [6.45, 7) is 3.71. The molecule has 1 aliphatic carbocycles. The lowest BCUT2D eigenvalue weighted by atomic mass is 10.1. The second-order valence-corrected chi connectivity index (χ2v) is 10.6. The van der Waals surface area contributed by atoms with Gasteiger partial charge in [0.2, 0.25) is 24.5 Å². The predicted octanol–water partition coefficient (Wildman–Crippen LogP) is 2.89. The fourth-order valence-electron chi connectivity index (χ4n) is 4.37. The van der Waals surface area contributed by atoms with Gasteiger partial charge in [0.25, 0.3) is 0 Å². The molecule has 192 valence electrons. The molecule has 0 aromatic heterocycles. The Morgan fingerprint density at radius 2 is 1.72 bits per heavy atom. The van der Waals surface area contributed by atoms with Gasteiger partial charge in [-0.05, 0) is 51.0 Å². The van der Waals surface area contributed by atoms with Gasteiger partial charge in [0, 0.05) is 34.3 Å². The van der Waals surface area contributed by atoms with Crippen molar-refractivity contribution in [2.75, 3.05) is 28.5 Å². The topological polar surface area (TPSA) is 114 Å². The molecule has 2 N–H and O–H groups in total. The molecule has 2 aliphatic rings. The highest BCUT2D eigenvalue weighted by Gasteiger charge is 2.30. The molecule has 0 saturated heterocycles. The summed E-state index contributed by atoms with van der Waals surface area (Å²) in [7, 11) is -1.78. The number of amides is 3. The Morgan fingerprint density at radius 1 is 1.03 bits per heavy atom. The molecule has 1 heterocycles. The third kappa shape index (κ3) is 6.42. The number of carbonyl (C=O) groups excluding carboxylic acids is 3. The van der Waals surface area contributed by atoms with E-state index in [0.717, 1.165) is 31.2 Å². The smallest absolute Gasteiger partial charge is 0.243 e. The van der Waals surface area contributed by atoms with E-state index < -0.39 is 28.7 Å². The number of anilines is 2. The maximum absolute atomic E-state index is 13.3. The van der Waals surface area contributed by atoms with Crippen LogP contribution in [0.3, 0.4) is 0 Å². The first-order valence-electron chi connectivity index (χ1n) is 12.0. The van der Waals surface area contributed by atoms with Crippen LogP contribution in [0.2, 0.25) is 0 Å². The van der Waals surface area contributed by atoms with Crippen molar-refractivity contribution < 1.29 is 28.1 Å². The zero-order valence-electron chi connectivity index (χ0n) is 20.5. The number of nitrogens with zero attached hydrogens (tertiary/aromatic N) is 1. The summed E-state index contributed by atoms with van der Waals surface area (Å²) in [5.74, 6) is -0.862. The molecule has 0 bridgehead atoms. The fraction of sp³-hybridized carbons (Fsp3) is 0.423. The van der Waals surface area contributed by atoms with Crippen molar-refractivity contribution in [1.29, 1.82) is 0 Å². The van der Waals surface area contributed by atoms with E-state index in [0.29, 0.717) is 22.9 Å². The van der Waals surface area contributed by atoms with Gasteiger partial charge in [-0.2, -0.15) is 0 Å². The number of rotatable bonds is 9. The van der Waals surface area contributed by atoms with Gasteiger partial charge in [0.15, 0.2) is 11.5 Å². The molecule has 0 radical (unpaired) electrons. The Morgan fingerprint density at radius 3 is 2.44 bits per heavy atom. The zero-order valence-corrected chi connectivity index (χ0v) is 21.3. The quantitative estimate of drug-likeness (QED) is 0.533. The summed E-state index contributed by atoms with van der Waals surface area (Å²) in [5, 5.41) is 5.70. The van der Waals surface area contributed by atoms with Crippen LogP contribution in [-0.4, -0.2) is 52.3 Å². The lowest BCUT2D eigenvalue weighted by Gasteiger charge is -2.29. The van der Waals surface area contributed by atoms with Gasteiger partial charge in [-0.1, -0.05) is 30.5 Å². The monoisotopic (exact) mass is 513 g/mol. The molecule has 9 nitrogen and oxygen atoms in total. The number of benzene rings is 2. The van der Waals surface area contributed by atoms with Gasteiger partial charge in [0.1, 0.15) is 17.5 Å². The Hall–Kier alpha value is -3.40. The Balaban J connectivity index is 1.39. The van der Waals surface area contributed by atoms with Gasteiger partial charge in [-0.15, -0.1) is 0 Å². The Labute approximate surface area is 213 Å². The van der Waals surface area contributed by atoms with Crippen LogP contribution in [0.4, 0.5) is 11.4 Å². The van der Waals surface area contributed by atoms with Crippen LogP contribution >= 0.6 is 0 Å². The third-order valence-electron chi connectivity index (χ3n) is 6.28. The minimum absolute atomic E-state index is 0.115. The van der Waals surface area contributed by atoms with Crippen molar-refractivity contribution in [3.63, 3.8) is 0 Å². The molecule has 0 unspecified atom stereocenters. The molecule has 2 aromatic rings. The number of ether oxygens (including phenoxy) is 2. The number of hydrogen-bond donors (Lipinski definition) is 2. The van der Waals surface area contributed by atoms with Crippen LogP contribution in [0.1, 0.15) is 38.2 Å². The molecular formula is C26H31N3O6S. The van der Waals surface area contributed by atoms with Crippen molar-refractivity contribution in [3.8, 4) is 11.5 Å². The zero-order chi connectivity index (χ0) is 25.7. The average Bonchev–Trinajstić information content (AvgIpc) is 3.51. The standard InChI is InChI=1S/C26H31N3O6S/c1-17-7-10-21(11-8-17)29(18(2)26(32)28-19-5-3-4-6-19)25(31)15-36(33)14-24(30)27-20-9-12-22-23(13-20)35-16-34-22/h7-13,18-19H,3-6,14-16H2,1-2H3,(H,27,30)(H,28,32)/t18-,36+/m0/s1. The summed E-state index contributed by atoms with van der Waals surface area (Å²) in [5.41, 5.74) is 2.03. The van der Waals surface area contributed by atoms with E-state index in [-0.39, 0.29) is 30.2 Å². The molecule has 2 atom stereocenters. The van der Waals surface area contributed by atoms with Crippen molar-refractivity contribution in [3.05, 3.63) is 48.0 Å². The number of carbonyl (C=O) groups is 3. The van der Waals surface area contributed by atoms with E-state index in [4.69, 9.17) is 9.47 Å². The van der Waals surface area contributed by atoms with Crippen molar-refractivity contribution >= 4 is 39.9 Å². The molecule has 1 fully saturated rings. The van der Waals surface area contributed by atoms with Crippen LogP contribution in [0.15, 0.2) is 42.5 Å². The molecule has 3 amide bonds. The van der Waals surface area contributed by atoms with E-state index >= 15 is 0 Å². The first-order chi connectivity index (χ1) is 17.3. The highest BCUT2D eigenvalue weighted by molar-refractivity contribution is 7.86. The Bertz CT molecular complexity index is 1150. The minimum Gasteiger partial charge on any atom is -0.454 e. The molecule has 10 heteroatoms. The summed E-state index contributed by atoms with van der Waals surface area (Å²) >= 11 is 0. The lowest BCUT2D eigenvalue weighted by Crippen LogP contribution is -2.51. The van der Waals surface area contributed by atoms with Crippen LogP contribution in [0.25, 0.3) is 0 Å². The summed E-state index contributed by atoms with van der Waals surface area (Å²) in [6.07, 6.45) is 4.01. The first-order valence-corrected chi connectivity index (χ1v) is 13.5. The number of hydrogen-bond acceptors (Lipinski definition) is 6. The van der Waals surface area contributed by atoms with Gasteiger partial charge < -0.3 is 20.1 Å². The summed E-state index contributed by atoms with van der Waals surface area (Å²) in [6, 6.07) is 11.5. The SMILES string of the molecule is Cc1ccc(N(C(=O)C[S@](=O)CC(=O)Nc2ccc3c(c2)OCO3)[C@@H](C)C(=O)NC2CCCC2)cc1. The molecular weight excluding hydrogens is 482 g/mol. The maximum Gasteiger partial charge on any atom is 0.243 e. The van der Waals surface area contributed by atoms with Gasteiger partial charge >= 0.3 is 0 Å². The summed E-state index contributed by atoms with van der Waals surface area (Å²) < 4.78 is 23.3. The van der Waals surface area contributed by atoms with E-state index in [1.165, 1.54) is 4.90 Å². The third-order valence-corrected chi connectivity index (χ3v) is 7.44. The maximum atomic E-state index is 13.3. The fourth-order valence-corrected chi connectivity index (χ4v) is 5.26. The normalized spacial score (nSPS) is 16.3. The van der Waals surface area contributed by atoms with Crippen LogP contribution in [0.5, 0.6) is 11.5 Å². The van der Waals surface area contributed by atoms with Crippen LogP contribution in [-0.2, 0) is 25.2 Å². The molecule has 0 spiro atoms. The van der Waals surface area contributed by atoms with Crippen molar-refractivity contribution in [1.82, 2.24) is 5.32 Å². The molecule has 36 heavy (non-hydrogen) atoms. The Kier molecular flexibility index (Phi) is 8.25. The predicted molar refractivity (Wildman–Crippen MR) is 138 cm³/mol. The number of fused-ring (bicyclic) bond motifs is 1. The van der Waals surface area contributed by atoms with E-state index in [9.17, 15) is 18.6 Å². The minimum atomic E-state index is -1.78. The molecule has 1 saturated carbocycles. The molecule has 4 rings (SSSR count). The average molecular weight is 514 g/mol. The van der Waals surface area contributed by atoms with E-state index in [1.54, 1.807) is 37.3 Å². The highest BCUT2D eigenvalue weighted by Crippen LogP contribution is 2.34. The number of aryl methyl sites for hydroxylation is 1. The van der Waals surface area contributed by atoms with Crippen molar-refractivity contribution in [2.45, 2.75) is 51.6 Å². The lowest BCUT2D eigenvalue weighted by molar-refractivity contribution is -0.125. The first kappa shape index (κ1) is 25.7. The second-order valence-electron chi connectivity index (χ2n) is 9.11. The highest BCUT2D eigenvalue weighted by atomic mass is 32.2. The largest absolute Gasteiger partial charge is 0.454 e. The van der Waals surface area contributed by atoms with Gasteiger partial charge in [0.05, 0.1) is 0 Å². The number of nitrogens with one attached hydrogen (secondary N) is 2. The molecule has 2 aromatic carbocycles. The van der Waals surface area contributed by atoms with Crippen molar-refractivity contribution in [2.24, 2.45) is 0 Å². The second kappa shape index (κ2) is 11.6. The van der Waals surface area contributed by atoms with Gasteiger partial charge in [-0.3, -0.25) is 23.5 Å².